The number of carbonyl (C=O) groups is 2. The number of alkyl halides is 6. The van der Waals surface area contributed by atoms with Gasteiger partial charge in [-0.2, -0.15) is 31.4 Å². The molecule has 0 fully saturated rings. The summed E-state index contributed by atoms with van der Waals surface area (Å²) in [6, 6.07) is 8.77. The highest BCUT2D eigenvalue weighted by molar-refractivity contribution is 6.01. The number of methoxy groups -OCH3 is 1. The molecule has 8 nitrogen and oxygen atoms in total. The third-order valence-corrected chi connectivity index (χ3v) is 6.15. The Morgan fingerprint density at radius 2 is 1.74 bits per heavy atom. The first kappa shape index (κ1) is 28.0. The van der Waals surface area contributed by atoms with Crippen molar-refractivity contribution in [2.24, 2.45) is 0 Å². The maximum atomic E-state index is 13.9. The van der Waals surface area contributed by atoms with Gasteiger partial charge in [0.25, 0.3) is 5.91 Å². The molecule has 2 heterocycles. The van der Waals surface area contributed by atoms with Gasteiger partial charge >= 0.3 is 18.3 Å². The number of esters is 1. The van der Waals surface area contributed by atoms with Crippen molar-refractivity contribution in [1.29, 1.82) is 0 Å². The lowest BCUT2D eigenvalue weighted by molar-refractivity contribution is -0.142. The lowest BCUT2D eigenvalue weighted by atomic mass is 10.0. The molecule has 3 aromatic rings. The zero-order valence-corrected chi connectivity index (χ0v) is 20.3. The van der Waals surface area contributed by atoms with Crippen LogP contribution in [-0.4, -0.2) is 47.0 Å². The van der Waals surface area contributed by atoms with E-state index in [2.05, 4.69) is 15.2 Å². The predicted molar refractivity (Wildman–Crippen MR) is 125 cm³/mol. The van der Waals surface area contributed by atoms with Crippen molar-refractivity contribution in [2.45, 2.75) is 31.5 Å². The van der Waals surface area contributed by atoms with Gasteiger partial charge in [0.1, 0.15) is 11.4 Å². The fourth-order valence-corrected chi connectivity index (χ4v) is 4.31. The molecule has 2 aromatic carbocycles. The lowest BCUT2D eigenvalue weighted by Gasteiger charge is -2.22. The number of aliphatic hydroxyl groups is 1. The van der Waals surface area contributed by atoms with Gasteiger partial charge in [-0.1, -0.05) is 24.3 Å². The molecule has 2 N–H and O–H groups in total. The van der Waals surface area contributed by atoms with E-state index >= 15 is 0 Å². The van der Waals surface area contributed by atoms with E-state index in [4.69, 9.17) is 0 Å². The monoisotopic (exact) mass is 556 g/mol. The van der Waals surface area contributed by atoms with Crippen LogP contribution in [0.5, 0.6) is 0 Å². The highest BCUT2D eigenvalue weighted by Crippen LogP contribution is 2.39. The third-order valence-electron chi connectivity index (χ3n) is 6.15. The quantitative estimate of drug-likeness (QED) is 0.335. The average Bonchev–Trinajstić information content (AvgIpc) is 3.47. The zero-order chi connectivity index (χ0) is 28.5. The summed E-state index contributed by atoms with van der Waals surface area (Å²) in [6.07, 6.45) is -9.62. The van der Waals surface area contributed by atoms with Crippen LogP contribution in [0.1, 0.15) is 49.1 Å². The van der Waals surface area contributed by atoms with Gasteiger partial charge in [-0.05, 0) is 35.4 Å². The molecule has 0 saturated carbocycles. The van der Waals surface area contributed by atoms with Crippen molar-refractivity contribution >= 4 is 17.7 Å². The highest BCUT2D eigenvalue weighted by Gasteiger charge is 2.44. The minimum Gasteiger partial charge on any atom is -0.465 e. The second-order valence-corrected chi connectivity index (χ2v) is 8.71. The SMILES string of the molecule is COC(=O)c1ccc(C(CO)NC(=O)c2c(C(F)(F)F)nn3c2N(Cc2cccc(C(F)(F)F)c2)CC3)cc1. The summed E-state index contributed by atoms with van der Waals surface area (Å²) < 4.78 is 86.8. The number of fused-ring (bicyclic) bond motifs is 1. The number of ether oxygens (including phenoxy) is 1. The minimum atomic E-state index is -5.01. The van der Waals surface area contributed by atoms with E-state index in [1.165, 1.54) is 48.4 Å². The Labute approximate surface area is 217 Å². The number of anilines is 1. The first-order valence-corrected chi connectivity index (χ1v) is 11.5. The molecule has 1 unspecified atom stereocenters. The summed E-state index contributed by atoms with van der Waals surface area (Å²) in [5.41, 5.74) is -2.51. The Bertz CT molecular complexity index is 1370. The van der Waals surface area contributed by atoms with E-state index in [0.717, 1.165) is 16.8 Å². The first-order chi connectivity index (χ1) is 18.3. The zero-order valence-electron chi connectivity index (χ0n) is 20.3. The van der Waals surface area contributed by atoms with E-state index in [9.17, 15) is 41.0 Å². The molecule has 1 aliphatic heterocycles. The Kier molecular flexibility index (Phi) is 7.59. The highest BCUT2D eigenvalue weighted by atomic mass is 19.4. The van der Waals surface area contributed by atoms with E-state index in [0.29, 0.717) is 5.56 Å². The maximum Gasteiger partial charge on any atom is 0.436 e. The predicted octanol–water partition coefficient (Wildman–Crippen LogP) is 4.19. The molecule has 1 aliphatic rings. The van der Waals surface area contributed by atoms with Crippen LogP contribution in [-0.2, 0) is 30.2 Å². The van der Waals surface area contributed by atoms with Crippen LogP contribution in [0, 0.1) is 0 Å². The fraction of sp³-hybridized carbons (Fsp3) is 0.320. The summed E-state index contributed by atoms with van der Waals surface area (Å²) in [5, 5.41) is 15.8. The third kappa shape index (κ3) is 5.85. The molecule has 0 spiro atoms. The Balaban J connectivity index is 1.66. The van der Waals surface area contributed by atoms with Gasteiger partial charge < -0.3 is 20.1 Å². The van der Waals surface area contributed by atoms with Crippen molar-refractivity contribution in [3.63, 3.8) is 0 Å². The van der Waals surface area contributed by atoms with Crippen molar-refractivity contribution < 1.29 is 45.8 Å². The molecule has 0 saturated heterocycles. The Morgan fingerprint density at radius 3 is 2.33 bits per heavy atom. The second kappa shape index (κ2) is 10.6. The van der Waals surface area contributed by atoms with Gasteiger partial charge in [0, 0.05) is 13.1 Å². The van der Waals surface area contributed by atoms with Crippen molar-refractivity contribution in [3.05, 3.63) is 82.0 Å². The molecule has 1 amide bonds. The minimum absolute atomic E-state index is 0.0247. The number of hydrogen-bond acceptors (Lipinski definition) is 6. The number of nitrogens with one attached hydrogen (secondary N) is 1. The summed E-state index contributed by atoms with van der Waals surface area (Å²) in [6.45, 7) is -0.799. The number of benzene rings is 2. The second-order valence-electron chi connectivity index (χ2n) is 8.71. The number of rotatable bonds is 7. The number of aliphatic hydroxyl groups excluding tert-OH is 1. The van der Waals surface area contributed by atoms with E-state index in [1.54, 1.807) is 0 Å². The normalized spacial score (nSPS) is 14.2. The number of halogens is 6. The smallest absolute Gasteiger partial charge is 0.436 e. The topological polar surface area (TPSA) is 96.7 Å². The van der Waals surface area contributed by atoms with Gasteiger partial charge in [0.15, 0.2) is 5.69 Å². The first-order valence-electron chi connectivity index (χ1n) is 11.5. The molecular formula is C25H22F6N4O4. The summed E-state index contributed by atoms with van der Waals surface area (Å²) in [5.74, 6) is -2.01. The van der Waals surface area contributed by atoms with Gasteiger partial charge in [-0.3, -0.25) is 4.79 Å². The van der Waals surface area contributed by atoms with Crippen LogP contribution < -0.4 is 10.2 Å². The van der Waals surface area contributed by atoms with Crippen LogP contribution in [0.15, 0.2) is 48.5 Å². The molecule has 14 heteroatoms. The summed E-state index contributed by atoms with van der Waals surface area (Å²) in [7, 11) is 1.19. The largest absolute Gasteiger partial charge is 0.465 e. The summed E-state index contributed by atoms with van der Waals surface area (Å²) in [4.78, 5) is 26.3. The maximum absolute atomic E-state index is 13.9. The van der Waals surface area contributed by atoms with E-state index in [-0.39, 0.29) is 36.6 Å². The van der Waals surface area contributed by atoms with E-state index in [1.807, 2.05) is 0 Å². The molecular weight excluding hydrogens is 534 g/mol. The van der Waals surface area contributed by atoms with Crippen molar-refractivity contribution in [3.8, 4) is 0 Å². The number of aromatic nitrogens is 2. The Morgan fingerprint density at radius 1 is 1.05 bits per heavy atom. The molecule has 0 radical (unpaired) electrons. The number of carbonyl (C=O) groups excluding carboxylic acids is 2. The molecule has 1 atom stereocenters. The van der Waals surface area contributed by atoms with Gasteiger partial charge in [-0.15, -0.1) is 0 Å². The molecule has 0 aliphatic carbocycles. The van der Waals surface area contributed by atoms with Gasteiger partial charge in [0.2, 0.25) is 0 Å². The number of amides is 1. The Hall–Kier alpha value is -4.07. The van der Waals surface area contributed by atoms with Crippen LogP contribution >= 0.6 is 0 Å². The van der Waals surface area contributed by atoms with E-state index < -0.39 is 53.7 Å². The molecule has 0 bridgehead atoms. The van der Waals surface area contributed by atoms with Crippen molar-refractivity contribution in [2.75, 3.05) is 25.2 Å². The van der Waals surface area contributed by atoms with Crippen LogP contribution in [0.2, 0.25) is 0 Å². The number of nitrogens with zero attached hydrogens (tertiary/aromatic N) is 3. The molecule has 208 valence electrons. The lowest BCUT2D eigenvalue weighted by Crippen LogP contribution is -2.33. The van der Waals surface area contributed by atoms with Crippen LogP contribution in [0.4, 0.5) is 32.2 Å². The molecule has 4 rings (SSSR count). The van der Waals surface area contributed by atoms with Gasteiger partial charge in [-0.25, -0.2) is 9.48 Å². The average molecular weight is 556 g/mol. The number of hydrogen-bond donors (Lipinski definition) is 2. The van der Waals surface area contributed by atoms with Crippen molar-refractivity contribution in [1.82, 2.24) is 15.1 Å². The standard InChI is InChI=1S/C25H22F6N4O4/c1-39-23(38)16-7-5-15(6-8-16)18(13-36)32-21(37)19-20(25(29,30)31)33-35-10-9-34(22(19)35)12-14-3-2-4-17(11-14)24(26,27)28/h2-8,11,18,36H,9-10,12-13H2,1H3,(H,32,37). The van der Waals surface area contributed by atoms with Crippen LogP contribution in [0.3, 0.4) is 0 Å². The molecule has 1 aromatic heterocycles. The molecule has 39 heavy (non-hydrogen) atoms. The fourth-order valence-electron chi connectivity index (χ4n) is 4.31. The summed E-state index contributed by atoms with van der Waals surface area (Å²) >= 11 is 0. The van der Waals surface area contributed by atoms with Gasteiger partial charge in [0.05, 0.1) is 37.4 Å². The van der Waals surface area contributed by atoms with Crippen LogP contribution in [0.25, 0.3) is 0 Å².